The van der Waals surface area contributed by atoms with Gasteiger partial charge in [0.25, 0.3) is 0 Å². The summed E-state index contributed by atoms with van der Waals surface area (Å²) in [6.45, 7) is 0. The average molecular weight is 736 g/mol. The second-order valence-corrected chi connectivity index (χ2v) is 15.6. The van der Waals surface area contributed by atoms with Crippen molar-refractivity contribution in [1.82, 2.24) is 0 Å². The SMILES string of the molecule is c1ccc(-c2ccc(N(c3ccc4c(c3)-c3ccccc3C43c4ccccc4-c4ccccc43)c3cc(-c4cccc5ccccc45)c4ccccc4c3)cc2)cc1. The second-order valence-electron chi connectivity index (χ2n) is 15.6. The Morgan fingerprint density at radius 3 is 1.41 bits per heavy atom. The van der Waals surface area contributed by atoms with Crippen LogP contribution >= 0.6 is 0 Å². The Kier molecular flexibility index (Phi) is 7.21. The molecule has 0 fully saturated rings. The summed E-state index contributed by atoms with van der Waals surface area (Å²) in [4.78, 5) is 2.46. The first kappa shape index (κ1) is 32.7. The van der Waals surface area contributed by atoms with Crippen LogP contribution in [0.15, 0.2) is 224 Å². The van der Waals surface area contributed by atoms with Gasteiger partial charge in [-0.15, -0.1) is 0 Å². The maximum Gasteiger partial charge on any atom is 0.0725 e. The fourth-order valence-electron chi connectivity index (χ4n) is 10.2. The zero-order valence-corrected chi connectivity index (χ0v) is 31.8. The molecular formula is C57H37N. The summed E-state index contributed by atoms with van der Waals surface area (Å²) in [5.74, 6) is 0. The number of anilines is 3. The fraction of sp³-hybridized carbons (Fsp3) is 0.0175. The van der Waals surface area contributed by atoms with Gasteiger partial charge in [-0.1, -0.05) is 188 Å². The van der Waals surface area contributed by atoms with Gasteiger partial charge in [0.1, 0.15) is 0 Å². The van der Waals surface area contributed by atoms with E-state index in [-0.39, 0.29) is 5.41 Å². The van der Waals surface area contributed by atoms with Crippen molar-refractivity contribution in [3.63, 3.8) is 0 Å². The highest BCUT2D eigenvalue weighted by Gasteiger charge is 2.51. The summed E-state index contributed by atoms with van der Waals surface area (Å²) in [6.07, 6.45) is 0. The predicted octanol–water partition coefficient (Wildman–Crippen LogP) is 15.1. The van der Waals surface area contributed by atoms with Crippen LogP contribution in [0.4, 0.5) is 17.1 Å². The molecule has 0 aliphatic heterocycles. The molecule has 0 amide bonds. The number of nitrogens with zero attached hydrogens (tertiary/aromatic N) is 1. The normalized spacial score (nSPS) is 13.0. The first-order chi connectivity index (χ1) is 28.8. The molecule has 10 aromatic carbocycles. The number of benzene rings is 10. The first-order valence-electron chi connectivity index (χ1n) is 20.2. The molecule has 0 unspecified atom stereocenters. The number of hydrogen-bond donors (Lipinski definition) is 0. The lowest BCUT2D eigenvalue weighted by molar-refractivity contribution is 0.794. The van der Waals surface area contributed by atoms with Crippen LogP contribution in [0.5, 0.6) is 0 Å². The van der Waals surface area contributed by atoms with Crippen molar-refractivity contribution in [3.8, 4) is 44.5 Å². The molecule has 0 bridgehead atoms. The van der Waals surface area contributed by atoms with Crippen LogP contribution in [-0.4, -0.2) is 0 Å². The highest BCUT2D eigenvalue weighted by atomic mass is 15.1. The third-order valence-electron chi connectivity index (χ3n) is 12.7. The number of rotatable bonds is 5. The second kappa shape index (κ2) is 12.8. The van der Waals surface area contributed by atoms with Crippen LogP contribution in [0.2, 0.25) is 0 Å². The summed E-state index contributed by atoms with van der Waals surface area (Å²) in [5, 5.41) is 4.94. The molecule has 0 N–H and O–H groups in total. The zero-order valence-electron chi connectivity index (χ0n) is 31.8. The van der Waals surface area contributed by atoms with E-state index in [1.807, 2.05) is 0 Å². The van der Waals surface area contributed by atoms with Gasteiger partial charge in [0, 0.05) is 17.1 Å². The minimum Gasteiger partial charge on any atom is -0.310 e. The molecular weight excluding hydrogens is 699 g/mol. The zero-order chi connectivity index (χ0) is 38.2. The van der Waals surface area contributed by atoms with Gasteiger partial charge in [-0.2, -0.15) is 0 Å². The number of fused-ring (bicyclic) bond motifs is 12. The highest BCUT2D eigenvalue weighted by molar-refractivity contribution is 6.08. The lowest BCUT2D eigenvalue weighted by Gasteiger charge is -2.31. The summed E-state index contributed by atoms with van der Waals surface area (Å²) >= 11 is 0. The van der Waals surface area contributed by atoms with Gasteiger partial charge in [-0.3, -0.25) is 0 Å². The molecule has 0 aromatic heterocycles. The molecule has 1 spiro atoms. The predicted molar refractivity (Wildman–Crippen MR) is 243 cm³/mol. The largest absolute Gasteiger partial charge is 0.310 e. The van der Waals surface area contributed by atoms with Gasteiger partial charge in [-0.05, 0) is 125 Å². The van der Waals surface area contributed by atoms with Gasteiger partial charge in [0.2, 0.25) is 0 Å². The van der Waals surface area contributed by atoms with E-state index in [2.05, 4.69) is 229 Å². The summed E-state index contributed by atoms with van der Waals surface area (Å²) in [5.41, 5.74) is 18.4. The van der Waals surface area contributed by atoms with Crippen molar-refractivity contribution in [2.45, 2.75) is 5.41 Å². The van der Waals surface area contributed by atoms with Crippen LogP contribution in [-0.2, 0) is 5.41 Å². The maximum atomic E-state index is 2.46. The molecule has 1 nitrogen and oxygen atoms in total. The lowest BCUT2D eigenvalue weighted by atomic mass is 9.70. The molecule has 2 aliphatic carbocycles. The fourth-order valence-corrected chi connectivity index (χ4v) is 10.2. The summed E-state index contributed by atoms with van der Waals surface area (Å²) in [7, 11) is 0. The molecule has 0 saturated heterocycles. The van der Waals surface area contributed by atoms with Gasteiger partial charge < -0.3 is 4.90 Å². The van der Waals surface area contributed by atoms with Crippen molar-refractivity contribution < 1.29 is 0 Å². The number of hydrogen-bond acceptors (Lipinski definition) is 1. The van der Waals surface area contributed by atoms with E-state index in [0.717, 1.165) is 17.1 Å². The van der Waals surface area contributed by atoms with Crippen molar-refractivity contribution in [3.05, 3.63) is 247 Å². The first-order valence-corrected chi connectivity index (χ1v) is 20.2. The molecule has 1 heteroatoms. The van der Waals surface area contributed by atoms with Gasteiger partial charge in [0.15, 0.2) is 0 Å². The van der Waals surface area contributed by atoms with E-state index >= 15 is 0 Å². The highest BCUT2D eigenvalue weighted by Crippen LogP contribution is 2.63. The Morgan fingerprint density at radius 1 is 0.259 bits per heavy atom. The average Bonchev–Trinajstić information content (AvgIpc) is 3.76. The Balaban J connectivity index is 1.11. The minimum absolute atomic E-state index is 0.385. The van der Waals surface area contributed by atoms with Crippen molar-refractivity contribution >= 4 is 38.6 Å². The standard InChI is InChI=1S/C57H37N/c1-2-15-38(16-3-1)39-29-31-42(32-30-39)58(44-35-41-18-5-7-21-46(41)51(37-44)47-25-14-19-40-17-4-6-20-45(40)47)43-33-34-56-52(36-43)50-24-10-13-28-55(50)57(56)53-26-11-8-22-48(53)49-23-9-12-27-54(49)57/h1-37H. The molecule has 58 heavy (non-hydrogen) atoms. The molecule has 0 heterocycles. The van der Waals surface area contributed by atoms with Crippen LogP contribution in [0, 0.1) is 0 Å². The van der Waals surface area contributed by atoms with Crippen molar-refractivity contribution in [2.24, 2.45) is 0 Å². The quantitative estimate of drug-likeness (QED) is 0.170. The van der Waals surface area contributed by atoms with Crippen molar-refractivity contribution in [2.75, 3.05) is 4.90 Å². The Bertz CT molecular complexity index is 3180. The third-order valence-corrected chi connectivity index (χ3v) is 12.7. The van der Waals surface area contributed by atoms with Crippen LogP contribution in [0.3, 0.4) is 0 Å². The maximum absolute atomic E-state index is 2.46. The van der Waals surface area contributed by atoms with Gasteiger partial charge >= 0.3 is 0 Å². The summed E-state index contributed by atoms with van der Waals surface area (Å²) in [6, 6.07) is 83.1. The monoisotopic (exact) mass is 735 g/mol. The molecule has 0 atom stereocenters. The summed E-state index contributed by atoms with van der Waals surface area (Å²) < 4.78 is 0. The van der Waals surface area contributed by atoms with Gasteiger partial charge in [0.05, 0.1) is 5.41 Å². The van der Waals surface area contributed by atoms with Gasteiger partial charge in [-0.25, -0.2) is 0 Å². The third kappa shape index (κ3) is 4.71. The Hall–Kier alpha value is -7.48. The van der Waals surface area contributed by atoms with E-state index in [1.54, 1.807) is 0 Å². The molecule has 270 valence electrons. The van der Waals surface area contributed by atoms with E-state index in [4.69, 9.17) is 0 Å². The van der Waals surface area contributed by atoms with E-state index in [9.17, 15) is 0 Å². The Morgan fingerprint density at radius 2 is 0.724 bits per heavy atom. The Labute approximate surface area is 338 Å². The lowest BCUT2D eigenvalue weighted by Crippen LogP contribution is -2.25. The molecule has 2 aliphatic rings. The van der Waals surface area contributed by atoms with Crippen LogP contribution in [0.1, 0.15) is 22.3 Å². The minimum atomic E-state index is -0.385. The van der Waals surface area contributed by atoms with Crippen LogP contribution in [0.25, 0.3) is 66.1 Å². The van der Waals surface area contributed by atoms with E-state index in [1.165, 1.54) is 88.3 Å². The molecule has 0 radical (unpaired) electrons. The van der Waals surface area contributed by atoms with Crippen molar-refractivity contribution in [1.29, 1.82) is 0 Å². The topological polar surface area (TPSA) is 3.24 Å². The van der Waals surface area contributed by atoms with Crippen LogP contribution < -0.4 is 4.90 Å². The molecule has 0 saturated carbocycles. The smallest absolute Gasteiger partial charge is 0.0725 e. The van der Waals surface area contributed by atoms with E-state index < -0.39 is 0 Å². The van der Waals surface area contributed by atoms with E-state index in [0.29, 0.717) is 0 Å². The molecule has 10 aromatic rings. The molecule has 12 rings (SSSR count).